The SMILES string of the molecule is CCc1nc(C2(N)CSCCC2(C)C)sc1C. The first-order chi connectivity index (χ1) is 7.90. The molecule has 1 aromatic rings. The van der Waals surface area contributed by atoms with Crippen molar-refractivity contribution < 1.29 is 0 Å². The van der Waals surface area contributed by atoms with Gasteiger partial charge in [0.2, 0.25) is 0 Å². The van der Waals surface area contributed by atoms with Gasteiger partial charge in [-0.3, -0.25) is 0 Å². The van der Waals surface area contributed by atoms with E-state index >= 15 is 0 Å². The van der Waals surface area contributed by atoms with Crippen LogP contribution in [0.5, 0.6) is 0 Å². The normalized spacial score (nSPS) is 28.3. The van der Waals surface area contributed by atoms with Crippen molar-refractivity contribution in [1.82, 2.24) is 4.98 Å². The van der Waals surface area contributed by atoms with Crippen LogP contribution in [0.15, 0.2) is 0 Å². The van der Waals surface area contributed by atoms with Gasteiger partial charge in [0.1, 0.15) is 5.01 Å². The highest BCUT2D eigenvalue weighted by atomic mass is 32.2. The fraction of sp³-hybridized carbons (Fsp3) is 0.769. The topological polar surface area (TPSA) is 38.9 Å². The summed E-state index contributed by atoms with van der Waals surface area (Å²) in [5.74, 6) is 2.22. The monoisotopic (exact) mass is 270 g/mol. The van der Waals surface area contributed by atoms with Crippen molar-refractivity contribution in [3.63, 3.8) is 0 Å². The molecule has 96 valence electrons. The van der Waals surface area contributed by atoms with E-state index < -0.39 is 0 Å². The Kier molecular flexibility index (Phi) is 3.59. The van der Waals surface area contributed by atoms with Crippen molar-refractivity contribution in [3.8, 4) is 0 Å². The zero-order valence-electron chi connectivity index (χ0n) is 11.2. The summed E-state index contributed by atoms with van der Waals surface area (Å²) in [5.41, 5.74) is 7.84. The number of thiazole rings is 1. The van der Waals surface area contributed by atoms with Crippen molar-refractivity contribution in [2.45, 2.75) is 46.1 Å². The van der Waals surface area contributed by atoms with Crippen molar-refractivity contribution in [3.05, 3.63) is 15.6 Å². The molecule has 0 amide bonds. The minimum atomic E-state index is -0.251. The maximum atomic E-state index is 6.72. The second kappa shape index (κ2) is 4.56. The van der Waals surface area contributed by atoms with Crippen LogP contribution in [0, 0.1) is 12.3 Å². The molecule has 0 bridgehead atoms. The lowest BCUT2D eigenvalue weighted by Gasteiger charge is -2.46. The largest absolute Gasteiger partial charge is 0.318 e. The summed E-state index contributed by atoms with van der Waals surface area (Å²) in [6, 6.07) is 0. The van der Waals surface area contributed by atoms with E-state index in [1.54, 1.807) is 11.3 Å². The van der Waals surface area contributed by atoms with Gasteiger partial charge in [-0.2, -0.15) is 11.8 Å². The Bertz CT molecular complexity index is 412. The van der Waals surface area contributed by atoms with Crippen LogP contribution >= 0.6 is 23.1 Å². The van der Waals surface area contributed by atoms with Gasteiger partial charge in [-0.05, 0) is 30.9 Å². The molecule has 1 aromatic heterocycles. The highest BCUT2D eigenvalue weighted by Crippen LogP contribution is 2.48. The van der Waals surface area contributed by atoms with Gasteiger partial charge in [0.05, 0.1) is 11.2 Å². The van der Waals surface area contributed by atoms with E-state index in [0.717, 1.165) is 17.2 Å². The Morgan fingerprint density at radius 2 is 2.12 bits per heavy atom. The highest BCUT2D eigenvalue weighted by molar-refractivity contribution is 7.99. The number of thioether (sulfide) groups is 1. The summed E-state index contributed by atoms with van der Waals surface area (Å²) < 4.78 is 0. The minimum Gasteiger partial charge on any atom is -0.318 e. The number of aromatic nitrogens is 1. The maximum Gasteiger partial charge on any atom is 0.114 e. The molecule has 17 heavy (non-hydrogen) atoms. The van der Waals surface area contributed by atoms with E-state index in [2.05, 4.69) is 27.7 Å². The molecule has 1 saturated heterocycles. The van der Waals surface area contributed by atoms with E-state index in [1.165, 1.54) is 22.7 Å². The molecule has 2 N–H and O–H groups in total. The van der Waals surface area contributed by atoms with Crippen LogP contribution in [0.4, 0.5) is 0 Å². The number of hydrogen-bond acceptors (Lipinski definition) is 4. The van der Waals surface area contributed by atoms with Gasteiger partial charge >= 0.3 is 0 Å². The van der Waals surface area contributed by atoms with E-state index in [4.69, 9.17) is 10.7 Å². The molecule has 2 heterocycles. The maximum absolute atomic E-state index is 6.72. The van der Waals surface area contributed by atoms with Gasteiger partial charge in [0.25, 0.3) is 0 Å². The molecule has 0 aromatic carbocycles. The summed E-state index contributed by atoms with van der Waals surface area (Å²) in [6.07, 6.45) is 2.18. The Labute approximate surface area is 112 Å². The molecule has 0 saturated carbocycles. The standard InChI is InChI=1S/C13H22N2S2/c1-5-10-9(2)17-11(15-10)13(14)8-16-7-6-12(13,3)4/h5-8,14H2,1-4H3. The Morgan fingerprint density at radius 3 is 2.65 bits per heavy atom. The second-order valence-electron chi connectivity index (χ2n) is 5.53. The molecule has 4 heteroatoms. The fourth-order valence-electron chi connectivity index (χ4n) is 2.28. The number of aryl methyl sites for hydroxylation is 2. The molecular formula is C13H22N2S2. The van der Waals surface area contributed by atoms with Crippen LogP contribution in [0.2, 0.25) is 0 Å². The lowest BCUT2D eigenvalue weighted by atomic mass is 9.72. The fourth-order valence-corrected chi connectivity index (χ4v) is 5.30. The van der Waals surface area contributed by atoms with E-state index in [-0.39, 0.29) is 11.0 Å². The van der Waals surface area contributed by atoms with E-state index in [1.807, 2.05) is 11.8 Å². The average Bonchev–Trinajstić information content (AvgIpc) is 2.64. The summed E-state index contributed by atoms with van der Waals surface area (Å²) >= 11 is 3.76. The molecule has 1 aliphatic rings. The van der Waals surface area contributed by atoms with Crippen molar-refractivity contribution in [1.29, 1.82) is 0 Å². The van der Waals surface area contributed by atoms with E-state index in [0.29, 0.717) is 0 Å². The third kappa shape index (κ3) is 2.15. The number of hydrogen-bond donors (Lipinski definition) is 1. The average molecular weight is 270 g/mol. The van der Waals surface area contributed by atoms with Crippen molar-refractivity contribution in [2.24, 2.45) is 11.1 Å². The van der Waals surface area contributed by atoms with Crippen LogP contribution in [-0.4, -0.2) is 16.5 Å². The van der Waals surface area contributed by atoms with Crippen LogP contribution in [0.25, 0.3) is 0 Å². The van der Waals surface area contributed by atoms with Crippen LogP contribution in [0.1, 0.15) is 42.8 Å². The lowest BCUT2D eigenvalue weighted by molar-refractivity contribution is 0.175. The van der Waals surface area contributed by atoms with Gasteiger partial charge in [-0.25, -0.2) is 4.98 Å². The first-order valence-corrected chi connectivity index (χ1v) is 8.21. The van der Waals surface area contributed by atoms with E-state index in [9.17, 15) is 0 Å². The predicted molar refractivity (Wildman–Crippen MR) is 77.8 cm³/mol. The zero-order chi connectivity index (χ0) is 12.7. The highest BCUT2D eigenvalue weighted by Gasteiger charge is 2.47. The van der Waals surface area contributed by atoms with Gasteiger partial charge in [-0.15, -0.1) is 11.3 Å². The van der Waals surface area contributed by atoms with Crippen LogP contribution < -0.4 is 5.73 Å². The third-order valence-corrected chi connectivity index (χ3v) is 6.36. The lowest BCUT2D eigenvalue weighted by Crippen LogP contribution is -2.54. The number of nitrogens with two attached hydrogens (primary N) is 1. The van der Waals surface area contributed by atoms with Crippen LogP contribution in [-0.2, 0) is 12.0 Å². The first-order valence-electron chi connectivity index (χ1n) is 6.24. The molecule has 1 atom stereocenters. The molecule has 1 aliphatic heterocycles. The summed E-state index contributed by atoms with van der Waals surface area (Å²) in [6.45, 7) is 8.90. The first kappa shape index (κ1) is 13.4. The molecular weight excluding hydrogens is 248 g/mol. The second-order valence-corrected chi connectivity index (χ2v) is 7.84. The third-order valence-electron chi connectivity index (χ3n) is 4.02. The van der Waals surface area contributed by atoms with Crippen LogP contribution in [0.3, 0.4) is 0 Å². The Balaban J connectivity index is 2.42. The predicted octanol–water partition coefficient (Wildman–Crippen LogP) is 3.33. The quantitative estimate of drug-likeness (QED) is 0.896. The van der Waals surface area contributed by atoms with Crippen molar-refractivity contribution >= 4 is 23.1 Å². The molecule has 2 nitrogen and oxygen atoms in total. The molecule has 0 radical (unpaired) electrons. The Hall–Kier alpha value is -0.0600. The van der Waals surface area contributed by atoms with Gasteiger partial charge < -0.3 is 5.73 Å². The molecule has 2 rings (SSSR count). The summed E-state index contributed by atoms with van der Waals surface area (Å²) in [7, 11) is 0. The Morgan fingerprint density at radius 1 is 1.41 bits per heavy atom. The number of nitrogens with zero attached hydrogens (tertiary/aromatic N) is 1. The summed E-state index contributed by atoms with van der Waals surface area (Å²) in [4.78, 5) is 6.13. The molecule has 0 spiro atoms. The molecule has 1 fully saturated rings. The molecule has 0 aliphatic carbocycles. The minimum absolute atomic E-state index is 0.146. The van der Waals surface area contributed by atoms with Gasteiger partial charge in [0.15, 0.2) is 0 Å². The summed E-state index contributed by atoms with van der Waals surface area (Å²) in [5, 5.41) is 1.14. The number of rotatable bonds is 2. The van der Waals surface area contributed by atoms with Gasteiger partial charge in [0, 0.05) is 10.6 Å². The zero-order valence-corrected chi connectivity index (χ0v) is 12.8. The van der Waals surface area contributed by atoms with Crippen molar-refractivity contribution in [2.75, 3.05) is 11.5 Å². The smallest absolute Gasteiger partial charge is 0.114 e. The van der Waals surface area contributed by atoms with Gasteiger partial charge in [-0.1, -0.05) is 20.8 Å². The molecule has 1 unspecified atom stereocenters.